The summed E-state index contributed by atoms with van der Waals surface area (Å²) in [6.45, 7) is 8.45. The Labute approximate surface area is 78.0 Å². The maximum Gasteiger partial charge on any atom is 0.331 e. The molecule has 1 N–H and O–H groups in total. The summed E-state index contributed by atoms with van der Waals surface area (Å²) < 4.78 is 4.76. The lowest BCUT2D eigenvalue weighted by Gasteiger charge is -2.22. The van der Waals surface area contributed by atoms with Crippen molar-refractivity contribution in [3.8, 4) is 0 Å². The van der Waals surface area contributed by atoms with Gasteiger partial charge in [0, 0.05) is 0 Å². The summed E-state index contributed by atoms with van der Waals surface area (Å²) in [7, 11) is 0. The van der Waals surface area contributed by atoms with Gasteiger partial charge in [-0.2, -0.15) is 0 Å². The molecule has 0 saturated carbocycles. The molecule has 0 unspecified atom stereocenters. The largest absolute Gasteiger partial charge is 0.464 e. The van der Waals surface area contributed by atoms with Crippen molar-refractivity contribution in [1.82, 2.24) is 5.32 Å². The third kappa shape index (κ3) is 3.73. The van der Waals surface area contributed by atoms with Gasteiger partial charge in [-0.15, -0.1) is 0 Å². The molecule has 0 fully saturated rings. The monoisotopic (exact) mass is 185 g/mol. The van der Waals surface area contributed by atoms with Gasteiger partial charge < -0.3 is 10.1 Å². The molecule has 0 heterocycles. The van der Waals surface area contributed by atoms with Crippen LogP contribution >= 0.6 is 0 Å². The molecule has 0 rings (SSSR count). The van der Waals surface area contributed by atoms with Crippen molar-refractivity contribution in [1.29, 1.82) is 0 Å². The number of nitrogens with one attached hydrogen (secondary N) is 1. The summed E-state index contributed by atoms with van der Waals surface area (Å²) >= 11 is 0. The van der Waals surface area contributed by atoms with Crippen molar-refractivity contribution >= 4 is 11.9 Å². The van der Waals surface area contributed by atoms with E-state index in [1.54, 1.807) is 20.8 Å². The molecule has 0 aromatic rings. The van der Waals surface area contributed by atoms with Gasteiger partial charge in [0.2, 0.25) is 5.91 Å². The van der Waals surface area contributed by atoms with Crippen LogP contribution in [0.3, 0.4) is 0 Å². The molecule has 13 heavy (non-hydrogen) atoms. The van der Waals surface area contributed by atoms with Gasteiger partial charge in [0.05, 0.1) is 6.61 Å². The lowest BCUT2D eigenvalue weighted by molar-refractivity contribution is -0.151. The second kappa shape index (κ2) is 4.64. The highest BCUT2D eigenvalue weighted by atomic mass is 16.5. The summed E-state index contributed by atoms with van der Waals surface area (Å²) in [5.41, 5.74) is -0.999. The van der Waals surface area contributed by atoms with Crippen molar-refractivity contribution < 1.29 is 14.3 Å². The second-order valence-electron chi connectivity index (χ2n) is 3.04. The van der Waals surface area contributed by atoms with Crippen LogP contribution in [0.15, 0.2) is 12.7 Å². The minimum atomic E-state index is -0.999. The van der Waals surface area contributed by atoms with E-state index in [2.05, 4.69) is 11.9 Å². The predicted molar refractivity (Wildman–Crippen MR) is 49.1 cm³/mol. The predicted octanol–water partition coefficient (Wildman–Crippen LogP) is 0.630. The first kappa shape index (κ1) is 11.7. The molecule has 0 aromatic heterocycles. The first-order valence-electron chi connectivity index (χ1n) is 4.06. The Morgan fingerprint density at radius 3 is 2.46 bits per heavy atom. The highest BCUT2D eigenvalue weighted by molar-refractivity contribution is 5.92. The molecule has 0 bridgehead atoms. The number of hydrogen-bond acceptors (Lipinski definition) is 3. The Hall–Kier alpha value is -1.32. The van der Waals surface area contributed by atoms with Gasteiger partial charge in [-0.25, -0.2) is 4.79 Å². The van der Waals surface area contributed by atoms with E-state index in [0.29, 0.717) is 6.61 Å². The molecule has 0 aliphatic carbocycles. The number of hydrogen-bond donors (Lipinski definition) is 1. The zero-order valence-corrected chi connectivity index (χ0v) is 8.22. The summed E-state index contributed by atoms with van der Waals surface area (Å²) in [4.78, 5) is 22.1. The third-order valence-corrected chi connectivity index (χ3v) is 1.41. The molecule has 0 atom stereocenters. The SMILES string of the molecule is C=CC(=O)NC(C)(C)C(=O)OCC. The number of ether oxygens (including phenoxy) is 1. The van der Waals surface area contributed by atoms with E-state index in [1.807, 2.05) is 0 Å². The number of carbonyl (C=O) groups is 2. The molecule has 0 aliphatic rings. The lowest BCUT2D eigenvalue weighted by atomic mass is 10.1. The van der Waals surface area contributed by atoms with E-state index >= 15 is 0 Å². The first-order valence-corrected chi connectivity index (χ1v) is 4.06. The van der Waals surface area contributed by atoms with Crippen molar-refractivity contribution in [2.45, 2.75) is 26.3 Å². The molecule has 0 saturated heterocycles. The quantitative estimate of drug-likeness (QED) is 0.516. The highest BCUT2D eigenvalue weighted by Crippen LogP contribution is 2.04. The normalized spacial score (nSPS) is 10.4. The molecule has 1 amide bonds. The Balaban J connectivity index is 4.29. The minimum Gasteiger partial charge on any atom is -0.464 e. The molecular weight excluding hydrogens is 170 g/mol. The average molecular weight is 185 g/mol. The van der Waals surface area contributed by atoms with Crippen molar-refractivity contribution in [3.63, 3.8) is 0 Å². The highest BCUT2D eigenvalue weighted by Gasteiger charge is 2.29. The minimum absolute atomic E-state index is 0.298. The Morgan fingerprint density at radius 2 is 2.08 bits per heavy atom. The standard InChI is InChI=1S/C9H15NO3/c1-5-7(11)10-9(3,4)8(12)13-6-2/h5H,1,6H2,2-4H3,(H,10,11). The molecule has 74 valence electrons. The van der Waals surface area contributed by atoms with Crippen LogP contribution in [-0.4, -0.2) is 24.0 Å². The molecular formula is C9H15NO3. The Bertz CT molecular complexity index is 221. The molecule has 0 radical (unpaired) electrons. The van der Waals surface area contributed by atoms with Gasteiger partial charge in [0.1, 0.15) is 5.54 Å². The van der Waals surface area contributed by atoms with E-state index < -0.39 is 17.4 Å². The van der Waals surface area contributed by atoms with Crippen molar-refractivity contribution in [2.24, 2.45) is 0 Å². The zero-order chi connectivity index (χ0) is 10.5. The van der Waals surface area contributed by atoms with E-state index in [-0.39, 0.29) is 0 Å². The fourth-order valence-corrected chi connectivity index (χ4v) is 0.722. The van der Waals surface area contributed by atoms with Crippen LogP contribution in [0.4, 0.5) is 0 Å². The van der Waals surface area contributed by atoms with Gasteiger partial charge in [-0.1, -0.05) is 6.58 Å². The molecule has 4 nitrogen and oxygen atoms in total. The van der Waals surface area contributed by atoms with Gasteiger partial charge in [-0.05, 0) is 26.8 Å². The Kier molecular flexibility index (Phi) is 4.17. The topological polar surface area (TPSA) is 55.4 Å². The fraction of sp³-hybridized carbons (Fsp3) is 0.556. The summed E-state index contributed by atoms with van der Waals surface area (Å²) in [5.74, 6) is -0.844. The maximum atomic E-state index is 11.2. The van der Waals surface area contributed by atoms with Crippen LogP contribution in [0, 0.1) is 0 Å². The zero-order valence-electron chi connectivity index (χ0n) is 8.22. The van der Waals surface area contributed by atoms with Crippen LogP contribution in [0.2, 0.25) is 0 Å². The maximum absolute atomic E-state index is 11.2. The molecule has 0 aromatic carbocycles. The van der Waals surface area contributed by atoms with Gasteiger partial charge >= 0.3 is 5.97 Å². The van der Waals surface area contributed by atoms with Crippen LogP contribution < -0.4 is 5.32 Å². The van der Waals surface area contributed by atoms with E-state index in [0.717, 1.165) is 6.08 Å². The fourth-order valence-electron chi connectivity index (χ4n) is 0.722. The number of carbonyl (C=O) groups excluding carboxylic acids is 2. The molecule has 0 aliphatic heterocycles. The van der Waals surface area contributed by atoms with Gasteiger partial charge in [0.15, 0.2) is 0 Å². The van der Waals surface area contributed by atoms with Gasteiger partial charge in [-0.3, -0.25) is 4.79 Å². The van der Waals surface area contributed by atoms with Crippen molar-refractivity contribution in [3.05, 3.63) is 12.7 Å². The van der Waals surface area contributed by atoms with E-state index in [1.165, 1.54) is 0 Å². The summed E-state index contributed by atoms with van der Waals surface area (Å²) in [6.07, 6.45) is 1.11. The number of amides is 1. The smallest absolute Gasteiger partial charge is 0.331 e. The number of rotatable bonds is 4. The third-order valence-electron chi connectivity index (χ3n) is 1.41. The van der Waals surface area contributed by atoms with Gasteiger partial charge in [0.25, 0.3) is 0 Å². The number of esters is 1. The van der Waals surface area contributed by atoms with Crippen LogP contribution in [0.1, 0.15) is 20.8 Å². The second-order valence-corrected chi connectivity index (χ2v) is 3.04. The first-order chi connectivity index (χ1) is 5.94. The van der Waals surface area contributed by atoms with Crippen molar-refractivity contribution in [2.75, 3.05) is 6.61 Å². The Morgan fingerprint density at radius 1 is 1.54 bits per heavy atom. The van der Waals surface area contributed by atoms with Crippen LogP contribution in [0.5, 0.6) is 0 Å². The van der Waals surface area contributed by atoms with E-state index in [4.69, 9.17) is 4.74 Å². The van der Waals surface area contributed by atoms with Crippen LogP contribution in [0.25, 0.3) is 0 Å². The summed E-state index contributed by atoms with van der Waals surface area (Å²) in [6, 6.07) is 0. The summed E-state index contributed by atoms with van der Waals surface area (Å²) in [5, 5.41) is 2.46. The van der Waals surface area contributed by atoms with E-state index in [9.17, 15) is 9.59 Å². The van der Waals surface area contributed by atoms with Crippen LogP contribution in [-0.2, 0) is 14.3 Å². The lowest BCUT2D eigenvalue weighted by Crippen LogP contribution is -2.50. The molecule has 4 heteroatoms. The average Bonchev–Trinajstić information content (AvgIpc) is 2.04. The molecule has 0 spiro atoms.